The first-order valence-corrected chi connectivity index (χ1v) is 4.49. The van der Waals surface area contributed by atoms with Crippen molar-refractivity contribution in [1.82, 2.24) is 0 Å². The highest BCUT2D eigenvalue weighted by molar-refractivity contribution is 5.82. The van der Waals surface area contributed by atoms with Crippen molar-refractivity contribution in [3.8, 4) is 0 Å². The average molecular weight is 168 g/mol. The van der Waals surface area contributed by atoms with E-state index in [1.54, 1.807) is 6.08 Å². The third kappa shape index (κ3) is 2.68. The van der Waals surface area contributed by atoms with Crippen molar-refractivity contribution in [3.05, 3.63) is 11.6 Å². The Balaban J connectivity index is 2.43. The summed E-state index contributed by atoms with van der Waals surface area (Å²) in [6.45, 7) is 2.26. The lowest BCUT2D eigenvalue weighted by Gasteiger charge is -2.19. The summed E-state index contributed by atoms with van der Waals surface area (Å²) < 4.78 is 4.56. The fourth-order valence-corrected chi connectivity index (χ4v) is 1.50. The number of carbonyl (C=O) groups excluding carboxylic acids is 1. The van der Waals surface area contributed by atoms with E-state index in [1.165, 1.54) is 25.5 Å². The third-order valence-corrected chi connectivity index (χ3v) is 2.44. The summed E-state index contributed by atoms with van der Waals surface area (Å²) >= 11 is 0. The highest BCUT2D eigenvalue weighted by Crippen LogP contribution is 2.27. The fourth-order valence-electron chi connectivity index (χ4n) is 1.50. The predicted octanol–water partition coefficient (Wildman–Crippen LogP) is 2.30. The SMILES string of the molecule is COC(=O)C=C1CCC(C)CC1. The Morgan fingerprint density at radius 2 is 2.08 bits per heavy atom. The second kappa shape index (κ2) is 4.29. The van der Waals surface area contributed by atoms with Gasteiger partial charge in [-0.25, -0.2) is 4.79 Å². The molecule has 0 unspecified atom stereocenters. The molecule has 0 aromatic heterocycles. The van der Waals surface area contributed by atoms with E-state index in [2.05, 4.69) is 11.7 Å². The van der Waals surface area contributed by atoms with Crippen LogP contribution in [0.25, 0.3) is 0 Å². The molecule has 0 atom stereocenters. The average Bonchev–Trinajstić information content (AvgIpc) is 2.09. The van der Waals surface area contributed by atoms with Gasteiger partial charge < -0.3 is 4.74 Å². The van der Waals surface area contributed by atoms with E-state index in [0.29, 0.717) is 0 Å². The maximum Gasteiger partial charge on any atom is 0.330 e. The van der Waals surface area contributed by atoms with Crippen molar-refractivity contribution in [1.29, 1.82) is 0 Å². The highest BCUT2D eigenvalue weighted by atomic mass is 16.5. The van der Waals surface area contributed by atoms with Crippen LogP contribution in [0.4, 0.5) is 0 Å². The van der Waals surface area contributed by atoms with E-state index >= 15 is 0 Å². The number of esters is 1. The predicted molar refractivity (Wildman–Crippen MR) is 47.7 cm³/mol. The Labute approximate surface area is 73.6 Å². The number of allylic oxidation sites excluding steroid dienone is 1. The standard InChI is InChI=1S/C10H16O2/c1-8-3-5-9(6-4-8)7-10(11)12-2/h7-8H,3-6H2,1-2H3. The van der Waals surface area contributed by atoms with Crippen LogP contribution in [0.15, 0.2) is 11.6 Å². The van der Waals surface area contributed by atoms with E-state index in [0.717, 1.165) is 18.8 Å². The highest BCUT2D eigenvalue weighted by Gasteiger charge is 2.12. The van der Waals surface area contributed by atoms with Gasteiger partial charge >= 0.3 is 5.97 Å². The van der Waals surface area contributed by atoms with E-state index < -0.39 is 0 Å². The Morgan fingerprint density at radius 1 is 1.50 bits per heavy atom. The zero-order valence-electron chi connectivity index (χ0n) is 7.80. The summed E-state index contributed by atoms with van der Waals surface area (Å²) in [6, 6.07) is 0. The van der Waals surface area contributed by atoms with Crippen LogP contribution in [0.5, 0.6) is 0 Å². The molecule has 2 nitrogen and oxygen atoms in total. The number of rotatable bonds is 1. The maximum atomic E-state index is 10.9. The zero-order chi connectivity index (χ0) is 8.97. The van der Waals surface area contributed by atoms with Gasteiger partial charge in [0.25, 0.3) is 0 Å². The van der Waals surface area contributed by atoms with Crippen LogP contribution in [0, 0.1) is 5.92 Å². The summed E-state index contributed by atoms with van der Waals surface area (Å²) in [5, 5.41) is 0. The van der Waals surface area contributed by atoms with Gasteiger partial charge in [0.05, 0.1) is 7.11 Å². The number of carbonyl (C=O) groups is 1. The molecule has 0 spiro atoms. The lowest BCUT2D eigenvalue weighted by molar-refractivity contribution is -0.134. The Bertz CT molecular complexity index is 184. The molecule has 0 heterocycles. The molecule has 2 heteroatoms. The quantitative estimate of drug-likeness (QED) is 0.443. The molecule has 1 fully saturated rings. The van der Waals surface area contributed by atoms with Gasteiger partial charge in [0, 0.05) is 6.08 Å². The first kappa shape index (κ1) is 9.30. The third-order valence-electron chi connectivity index (χ3n) is 2.44. The summed E-state index contributed by atoms with van der Waals surface area (Å²) in [4.78, 5) is 10.9. The molecule has 12 heavy (non-hydrogen) atoms. The van der Waals surface area contributed by atoms with Crippen LogP contribution >= 0.6 is 0 Å². The molecular weight excluding hydrogens is 152 g/mol. The van der Waals surface area contributed by atoms with Crippen LogP contribution < -0.4 is 0 Å². The van der Waals surface area contributed by atoms with Crippen molar-refractivity contribution < 1.29 is 9.53 Å². The molecule has 0 aliphatic heterocycles. The number of hydrogen-bond donors (Lipinski definition) is 0. The Kier molecular flexibility index (Phi) is 3.32. The first-order chi connectivity index (χ1) is 5.72. The van der Waals surface area contributed by atoms with Gasteiger partial charge in [-0.05, 0) is 31.6 Å². The molecule has 0 bridgehead atoms. The first-order valence-electron chi connectivity index (χ1n) is 4.49. The zero-order valence-corrected chi connectivity index (χ0v) is 7.80. The van der Waals surface area contributed by atoms with Crippen LogP contribution in [0.3, 0.4) is 0 Å². The molecular formula is C10H16O2. The second-order valence-electron chi connectivity index (χ2n) is 3.51. The van der Waals surface area contributed by atoms with Crippen molar-refractivity contribution in [2.75, 3.05) is 7.11 Å². The van der Waals surface area contributed by atoms with Gasteiger partial charge in [-0.2, -0.15) is 0 Å². The fraction of sp³-hybridized carbons (Fsp3) is 0.700. The molecule has 68 valence electrons. The van der Waals surface area contributed by atoms with Crippen LogP contribution in [-0.4, -0.2) is 13.1 Å². The molecule has 0 N–H and O–H groups in total. The van der Waals surface area contributed by atoms with Gasteiger partial charge in [0.2, 0.25) is 0 Å². The summed E-state index contributed by atoms with van der Waals surface area (Å²) in [5.74, 6) is 0.611. The molecule has 0 radical (unpaired) electrons. The lowest BCUT2D eigenvalue weighted by Crippen LogP contribution is -2.06. The summed E-state index contributed by atoms with van der Waals surface area (Å²) in [7, 11) is 1.42. The second-order valence-corrected chi connectivity index (χ2v) is 3.51. The van der Waals surface area contributed by atoms with Crippen molar-refractivity contribution >= 4 is 5.97 Å². The van der Waals surface area contributed by atoms with E-state index in [-0.39, 0.29) is 5.97 Å². The number of methoxy groups -OCH3 is 1. The van der Waals surface area contributed by atoms with Crippen molar-refractivity contribution in [3.63, 3.8) is 0 Å². The van der Waals surface area contributed by atoms with Crippen molar-refractivity contribution in [2.24, 2.45) is 5.92 Å². The van der Waals surface area contributed by atoms with Crippen molar-refractivity contribution in [2.45, 2.75) is 32.6 Å². The van der Waals surface area contributed by atoms with Gasteiger partial charge in [0.1, 0.15) is 0 Å². The summed E-state index contributed by atoms with van der Waals surface area (Å²) in [6.07, 6.45) is 6.20. The van der Waals surface area contributed by atoms with Gasteiger partial charge in [-0.1, -0.05) is 12.5 Å². The molecule has 0 aromatic carbocycles. The molecule has 0 aromatic rings. The van der Waals surface area contributed by atoms with E-state index in [4.69, 9.17) is 0 Å². The van der Waals surface area contributed by atoms with E-state index in [1.807, 2.05) is 0 Å². The molecule has 1 saturated carbocycles. The molecule has 1 aliphatic rings. The van der Waals surface area contributed by atoms with Crippen LogP contribution in [0.1, 0.15) is 32.6 Å². The summed E-state index contributed by atoms with van der Waals surface area (Å²) in [5.41, 5.74) is 1.25. The molecule has 0 amide bonds. The topological polar surface area (TPSA) is 26.3 Å². The Hall–Kier alpha value is -0.790. The molecule has 1 rings (SSSR count). The van der Waals surface area contributed by atoms with Gasteiger partial charge in [-0.15, -0.1) is 0 Å². The Morgan fingerprint density at radius 3 is 2.58 bits per heavy atom. The smallest absolute Gasteiger partial charge is 0.330 e. The normalized spacial score (nSPS) is 23.5. The minimum atomic E-state index is -0.209. The minimum Gasteiger partial charge on any atom is -0.466 e. The largest absolute Gasteiger partial charge is 0.466 e. The number of ether oxygens (including phenoxy) is 1. The van der Waals surface area contributed by atoms with Crippen LogP contribution in [0.2, 0.25) is 0 Å². The number of hydrogen-bond acceptors (Lipinski definition) is 2. The van der Waals surface area contributed by atoms with Crippen LogP contribution in [-0.2, 0) is 9.53 Å². The van der Waals surface area contributed by atoms with E-state index in [9.17, 15) is 4.79 Å². The monoisotopic (exact) mass is 168 g/mol. The lowest BCUT2D eigenvalue weighted by atomic mass is 9.87. The maximum absolute atomic E-state index is 10.9. The molecule has 1 aliphatic carbocycles. The minimum absolute atomic E-state index is 0.209. The molecule has 0 saturated heterocycles. The van der Waals surface area contributed by atoms with Gasteiger partial charge in [0.15, 0.2) is 0 Å². The van der Waals surface area contributed by atoms with Gasteiger partial charge in [-0.3, -0.25) is 0 Å².